The highest BCUT2D eigenvalue weighted by Gasteiger charge is 2.40. The summed E-state index contributed by atoms with van der Waals surface area (Å²) < 4.78 is 1.56. The summed E-state index contributed by atoms with van der Waals surface area (Å²) >= 11 is 3.93. The van der Waals surface area contributed by atoms with E-state index in [4.69, 9.17) is 0 Å². The molecule has 18 heavy (non-hydrogen) atoms. The van der Waals surface area contributed by atoms with Crippen molar-refractivity contribution >= 4 is 22.6 Å². The Balaban J connectivity index is 1.83. The Morgan fingerprint density at radius 1 is 1.06 bits per heavy atom. The van der Waals surface area contributed by atoms with Gasteiger partial charge in [0.1, 0.15) is 0 Å². The Bertz CT molecular complexity index is 252. The van der Waals surface area contributed by atoms with Crippen molar-refractivity contribution in [3.05, 3.63) is 10.5 Å². The smallest absolute Gasteiger partial charge is 0.0833 e. The van der Waals surface area contributed by atoms with E-state index >= 15 is 0 Å². The monoisotopic (exact) mass is 310 g/mol. The normalized spacial score (nSPS) is 28.6. The summed E-state index contributed by atoms with van der Waals surface area (Å²) in [6, 6.07) is 0. The molecule has 0 saturated carbocycles. The molecule has 2 heterocycles. The molecule has 2 fully saturated rings. The van der Waals surface area contributed by atoms with Crippen molar-refractivity contribution in [3.63, 3.8) is 0 Å². The number of unbranched alkanes of at least 4 members (excludes halogenated alkanes) is 4. The molecule has 2 rings (SSSR count). The zero-order valence-electron chi connectivity index (χ0n) is 12.0. The predicted molar refractivity (Wildman–Crippen MR) is 86.7 cm³/mol. The predicted octanol–water partition coefficient (Wildman–Crippen LogP) is 6.38. The highest BCUT2D eigenvalue weighted by molar-refractivity contribution is 9.12. The summed E-state index contributed by atoms with van der Waals surface area (Å²) in [6.07, 6.45) is 18.3. The summed E-state index contributed by atoms with van der Waals surface area (Å²) in [7, 11) is 0. The lowest BCUT2D eigenvalue weighted by molar-refractivity contribution is 0.447. The van der Waals surface area contributed by atoms with Crippen LogP contribution in [-0.4, -0.2) is 6.71 Å². The van der Waals surface area contributed by atoms with E-state index in [1.807, 2.05) is 0 Å². The van der Waals surface area contributed by atoms with Crippen LogP contribution < -0.4 is 0 Å². The van der Waals surface area contributed by atoms with Crippen molar-refractivity contribution in [1.82, 2.24) is 0 Å². The van der Waals surface area contributed by atoms with E-state index in [0.29, 0.717) is 0 Å². The first-order valence-corrected chi connectivity index (χ1v) is 8.97. The van der Waals surface area contributed by atoms with E-state index in [1.54, 1.807) is 4.38 Å². The average Bonchev–Trinajstić information content (AvgIpc) is 2.37. The maximum atomic E-state index is 3.93. The van der Waals surface area contributed by atoms with E-state index < -0.39 is 0 Å². The summed E-state index contributed by atoms with van der Waals surface area (Å²) in [6.45, 7) is 3.17. The number of hydrogen-bond acceptors (Lipinski definition) is 0. The first-order chi connectivity index (χ1) is 8.83. The van der Waals surface area contributed by atoms with E-state index in [9.17, 15) is 0 Å². The van der Waals surface area contributed by atoms with Gasteiger partial charge in [-0.15, -0.1) is 0 Å². The van der Waals surface area contributed by atoms with Crippen LogP contribution >= 0.6 is 15.9 Å². The molecule has 0 radical (unpaired) electrons. The van der Waals surface area contributed by atoms with Crippen molar-refractivity contribution < 1.29 is 0 Å². The van der Waals surface area contributed by atoms with Crippen LogP contribution in [0.15, 0.2) is 10.5 Å². The number of rotatable bonds is 6. The van der Waals surface area contributed by atoms with Crippen LogP contribution in [0, 0.1) is 0 Å². The Morgan fingerprint density at radius 2 is 1.67 bits per heavy atom. The quantitative estimate of drug-likeness (QED) is 0.394. The lowest BCUT2D eigenvalue weighted by Crippen LogP contribution is -2.35. The van der Waals surface area contributed by atoms with Crippen molar-refractivity contribution in [2.45, 2.75) is 89.2 Å². The minimum Gasteiger partial charge on any atom is -0.0833 e. The molecule has 2 aliphatic heterocycles. The van der Waals surface area contributed by atoms with Crippen LogP contribution in [0.5, 0.6) is 0 Å². The average molecular weight is 311 g/mol. The van der Waals surface area contributed by atoms with Crippen molar-refractivity contribution in [2.75, 3.05) is 0 Å². The second-order valence-corrected chi connectivity index (χ2v) is 7.26. The number of allylic oxidation sites excluding steroid dienone is 1. The minimum absolute atomic E-state index is 0.888. The third kappa shape index (κ3) is 3.89. The number of fused-ring (bicyclic) bond motifs is 2. The SMILES string of the molecule is CCCCCC/C=C(\Br)B1C2CCCC1CCC2. The van der Waals surface area contributed by atoms with Gasteiger partial charge < -0.3 is 0 Å². The molecule has 2 aliphatic rings. The Kier molecular flexibility index (Phi) is 6.34. The molecule has 2 saturated heterocycles. The highest BCUT2D eigenvalue weighted by Crippen LogP contribution is 2.49. The largest absolute Gasteiger partial charge is 0.191 e. The van der Waals surface area contributed by atoms with Crippen LogP contribution in [-0.2, 0) is 0 Å². The molecular weight excluding hydrogens is 283 g/mol. The van der Waals surface area contributed by atoms with Gasteiger partial charge in [-0.1, -0.05) is 98.4 Å². The molecule has 0 aliphatic carbocycles. The van der Waals surface area contributed by atoms with Crippen LogP contribution in [0.25, 0.3) is 0 Å². The lowest BCUT2D eigenvalue weighted by Gasteiger charge is -2.40. The van der Waals surface area contributed by atoms with Crippen molar-refractivity contribution in [1.29, 1.82) is 0 Å². The van der Waals surface area contributed by atoms with Crippen LogP contribution in [0.3, 0.4) is 0 Å². The second-order valence-electron chi connectivity index (χ2n) is 6.35. The zero-order valence-corrected chi connectivity index (χ0v) is 13.6. The number of hydrogen-bond donors (Lipinski definition) is 0. The molecule has 0 spiro atoms. The molecule has 0 nitrogen and oxygen atoms in total. The fraction of sp³-hybridized carbons (Fsp3) is 0.875. The Labute approximate surface area is 122 Å². The van der Waals surface area contributed by atoms with Gasteiger partial charge in [-0.2, -0.15) is 0 Å². The second kappa shape index (κ2) is 7.77. The van der Waals surface area contributed by atoms with E-state index in [-0.39, 0.29) is 0 Å². The standard InChI is InChI=1S/C16H28BBr/c1-2-3-4-5-6-13-16(18)17-14-9-7-10-15(17)12-8-11-14/h13-15H,2-12H2,1H3/b16-13-. The fourth-order valence-electron chi connectivity index (χ4n) is 4.07. The van der Waals surface area contributed by atoms with Gasteiger partial charge in [-0.25, -0.2) is 0 Å². The van der Waals surface area contributed by atoms with Gasteiger partial charge in [0.2, 0.25) is 0 Å². The molecule has 0 aromatic rings. The van der Waals surface area contributed by atoms with Gasteiger partial charge in [-0.3, -0.25) is 0 Å². The van der Waals surface area contributed by atoms with Crippen LogP contribution in [0.2, 0.25) is 11.6 Å². The molecule has 102 valence electrons. The Hall–Kier alpha value is 0.285. The van der Waals surface area contributed by atoms with Gasteiger partial charge in [0.05, 0.1) is 0 Å². The first kappa shape index (κ1) is 14.7. The van der Waals surface area contributed by atoms with E-state index in [2.05, 4.69) is 28.9 Å². The molecule has 2 bridgehead atoms. The van der Waals surface area contributed by atoms with Crippen LogP contribution in [0.1, 0.15) is 77.6 Å². The maximum Gasteiger partial charge on any atom is 0.191 e. The summed E-state index contributed by atoms with van der Waals surface area (Å²) in [5.74, 6) is 2.00. The van der Waals surface area contributed by atoms with Crippen molar-refractivity contribution in [3.8, 4) is 0 Å². The van der Waals surface area contributed by atoms with E-state index in [0.717, 1.165) is 18.3 Å². The molecule has 0 atom stereocenters. The van der Waals surface area contributed by atoms with Gasteiger partial charge in [0, 0.05) is 0 Å². The molecule has 0 aromatic heterocycles. The first-order valence-electron chi connectivity index (χ1n) is 8.18. The van der Waals surface area contributed by atoms with Gasteiger partial charge in [-0.05, 0) is 17.2 Å². The lowest BCUT2D eigenvalue weighted by atomic mass is 9.27. The molecule has 0 unspecified atom stereocenters. The zero-order chi connectivity index (χ0) is 12.8. The minimum atomic E-state index is 0.888. The fourth-order valence-corrected chi connectivity index (χ4v) is 5.05. The Morgan fingerprint density at radius 3 is 2.22 bits per heavy atom. The molecular formula is C16H28BBr. The topological polar surface area (TPSA) is 0 Å². The van der Waals surface area contributed by atoms with E-state index in [1.165, 1.54) is 70.6 Å². The molecule has 0 aromatic carbocycles. The third-order valence-electron chi connectivity index (χ3n) is 5.03. The van der Waals surface area contributed by atoms with Gasteiger partial charge in [0.15, 0.2) is 6.71 Å². The number of halogens is 1. The molecule has 0 amide bonds. The molecule has 2 heteroatoms. The summed E-state index contributed by atoms with van der Waals surface area (Å²) in [5.41, 5.74) is 0. The van der Waals surface area contributed by atoms with Crippen LogP contribution in [0.4, 0.5) is 0 Å². The van der Waals surface area contributed by atoms with Crippen molar-refractivity contribution in [2.24, 2.45) is 0 Å². The summed E-state index contributed by atoms with van der Waals surface area (Å²) in [5, 5.41) is 0. The van der Waals surface area contributed by atoms with Gasteiger partial charge >= 0.3 is 0 Å². The third-order valence-corrected chi connectivity index (χ3v) is 5.88. The summed E-state index contributed by atoms with van der Waals surface area (Å²) in [4.78, 5) is 0. The molecule has 0 N–H and O–H groups in total. The maximum absolute atomic E-state index is 3.93. The van der Waals surface area contributed by atoms with Gasteiger partial charge in [0.25, 0.3) is 0 Å². The highest BCUT2D eigenvalue weighted by atomic mass is 79.9.